The molecule has 2 N–H and O–H groups in total. The van der Waals surface area contributed by atoms with Crippen LogP contribution < -0.4 is 11.5 Å². The van der Waals surface area contributed by atoms with Crippen molar-refractivity contribution in [2.75, 3.05) is 5.73 Å². The molecule has 0 amide bonds. The molecule has 104 valence electrons. The summed E-state index contributed by atoms with van der Waals surface area (Å²) >= 11 is 0. The van der Waals surface area contributed by atoms with Crippen LogP contribution in [-0.4, -0.2) is 22.2 Å². The molecule has 0 bridgehead atoms. The monoisotopic (exact) mass is 294 g/mol. The Morgan fingerprint density at radius 2 is 2.05 bits per heavy atom. The van der Waals surface area contributed by atoms with Crippen molar-refractivity contribution >= 4 is 26.9 Å². The fraction of sp³-hybridized carbons (Fsp3) is 0.0909. The van der Waals surface area contributed by atoms with Crippen molar-refractivity contribution in [2.45, 2.75) is 4.90 Å². The van der Waals surface area contributed by atoms with E-state index in [0.717, 1.165) is 4.09 Å². The molecule has 2 aromatic heterocycles. The predicted molar refractivity (Wildman–Crippen MR) is 70.7 cm³/mol. The molecule has 3 aromatic rings. The minimum Gasteiger partial charge on any atom is -0.408 e. The summed E-state index contributed by atoms with van der Waals surface area (Å²) in [6, 6.07) is 5.53. The van der Waals surface area contributed by atoms with Crippen LogP contribution in [0.3, 0.4) is 0 Å². The van der Waals surface area contributed by atoms with Crippen LogP contribution in [0.4, 0.5) is 5.82 Å². The molecular formula is C11H10N4O4S. The molecule has 2 heterocycles. The molecule has 0 fully saturated rings. The van der Waals surface area contributed by atoms with E-state index in [1.165, 1.54) is 42.1 Å². The minimum absolute atomic E-state index is 0.0394. The summed E-state index contributed by atoms with van der Waals surface area (Å²) in [5, 5.41) is 3.67. The second-order valence-corrected chi connectivity index (χ2v) is 5.97. The zero-order valence-electron chi connectivity index (χ0n) is 10.3. The number of hydrogen-bond acceptors (Lipinski definition) is 6. The van der Waals surface area contributed by atoms with Gasteiger partial charge in [-0.3, -0.25) is 4.57 Å². The lowest BCUT2D eigenvalue weighted by atomic mass is 10.3. The molecule has 0 aliphatic heterocycles. The highest BCUT2D eigenvalue weighted by Crippen LogP contribution is 2.20. The average Bonchev–Trinajstić information content (AvgIpc) is 2.95. The third-order valence-corrected chi connectivity index (χ3v) is 4.44. The van der Waals surface area contributed by atoms with Crippen LogP contribution in [0.1, 0.15) is 0 Å². The van der Waals surface area contributed by atoms with Gasteiger partial charge < -0.3 is 10.2 Å². The molecule has 0 radical (unpaired) electrons. The zero-order valence-corrected chi connectivity index (χ0v) is 11.2. The van der Waals surface area contributed by atoms with Gasteiger partial charge in [0.1, 0.15) is 5.82 Å². The van der Waals surface area contributed by atoms with E-state index < -0.39 is 15.8 Å². The first-order chi connectivity index (χ1) is 9.39. The van der Waals surface area contributed by atoms with Crippen LogP contribution in [0.5, 0.6) is 0 Å². The molecule has 8 nitrogen and oxygen atoms in total. The van der Waals surface area contributed by atoms with E-state index in [9.17, 15) is 13.2 Å². The van der Waals surface area contributed by atoms with Crippen molar-refractivity contribution < 1.29 is 12.8 Å². The first-order valence-electron chi connectivity index (χ1n) is 5.56. The van der Waals surface area contributed by atoms with Gasteiger partial charge >= 0.3 is 5.76 Å². The number of nitrogen functional groups attached to an aromatic ring is 1. The molecule has 0 atom stereocenters. The zero-order chi connectivity index (χ0) is 14.5. The average molecular weight is 294 g/mol. The minimum atomic E-state index is -3.86. The number of oxazole rings is 1. The molecular weight excluding hydrogens is 284 g/mol. The molecule has 3 rings (SSSR count). The van der Waals surface area contributed by atoms with Crippen LogP contribution in [0.15, 0.2) is 44.6 Å². The van der Waals surface area contributed by atoms with Gasteiger partial charge in [-0.15, -0.1) is 5.10 Å². The van der Waals surface area contributed by atoms with Crippen LogP contribution in [0.25, 0.3) is 11.1 Å². The maximum Gasteiger partial charge on any atom is 0.419 e. The summed E-state index contributed by atoms with van der Waals surface area (Å²) in [4.78, 5) is 11.3. The van der Waals surface area contributed by atoms with Gasteiger partial charge in [-0.1, -0.05) is 0 Å². The smallest absolute Gasteiger partial charge is 0.408 e. The van der Waals surface area contributed by atoms with Gasteiger partial charge in [-0.2, -0.15) is 12.5 Å². The van der Waals surface area contributed by atoms with Gasteiger partial charge in [-0.05, 0) is 12.1 Å². The lowest BCUT2D eigenvalue weighted by Crippen LogP contribution is -2.13. The molecule has 0 saturated heterocycles. The summed E-state index contributed by atoms with van der Waals surface area (Å²) in [7, 11) is -2.32. The van der Waals surface area contributed by atoms with Gasteiger partial charge in [0.2, 0.25) is 0 Å². The molecule has 20 heavy (non-hydrogen) atoms. The molecule has 0 aliphatic carbocycles. The Hall–Kier alpha value is -2.55. The van der Waals surface area contributed by atoms with Gasteiger partial charge in [0.25, 0.3) is 10.0 Å². The SMILES string of the molecule is Cn1c(=O)oc2cc(S(=O)(=O)n3ccc(N)n3)ccc21. The molecule has 1 aromatic carbocycles. The molecule has 0 spiro atoms. The van der Waals surface area contributed by atoms with E-state index in [1.807, 2.05) is 0 Å². The molecule has 0 unspecified atom stereocenters. The van der Waals surface area contributed by atoms with Gasteiger partial charge in [0.15, 0.2) is 5.58 Å². The molecule has 0 saturated carbocycles. The van der Waals surface area contributed by atoms with Crippen molar-refractivity contribution in [1.82, 2.24) is 13.8 Å². The molecule has 9 heteroatoms. The van der Waals surface area contributed by atoms with E-state index in [4.69, 9.17) is 10.2 Å². The van der Waals surface area contributed by atoms with E-state index in [1.54, 1.807) is 0 Å². The lowest BCUT2D eigenvalue weighted by Gasteiger charge is -2.03. The van der Waals surface area contributed by atoms with E-state index in [2.05, 4.69) is 5.10 Å². The topological polar surface area (TPSA) is 113 Å². The highest BCUT2D eigenvalue weighted by molar-refractivity contribution is 7.89. The Labute approximate surface area is 113 Å². The quantitative estimate of drug-likeness (QED) is 0.719. The number of hydrogen-bond donors (Lipinski definition) is 1. The van der Waals surface area contributed by atoms with Gasteiger partial charge in [0, 0.05) is 25.4 Å². The maximum absolute atomic E-state index is 12.3. The second-order valence-electron chi connectivity index (χ2n) is 4.17. The summed E-state index contributed by atoms with van der Waals surface area (Å²) in [5.41, 5.74) is 6.11. The first-order valence-corrected chi connectivity index (χ1v) is 7.00. The van der Waals surface area contributed by atoms with E-state index in [-0.39, 0.29) is 16.3 Å². The normalized spacial score (nSPS) is 12.1. The van der Waals surface area contributed by atoms with Crippen LogP contribution >= 0.6 is 0 Å². The lowest BCUT2D eigenvalue weighted by molar-refractivity contribution is 0.527. The van der Waals surface area contributed by atoms with Crippen molar-refractivity contribution in [2.24, 2.45) is 7.05 Å². The third kappa shape index (κ3) is 1.71. The highest BCUT2D eigenvalue weighted by atomic mass is 32.2. The number of rotatable bonds is 2. The number of aryl methyl sites for hydroxylation is 1. The first kappa shape index (κ1) is 12.5. The predicted octanol–water partition coefficient (Wildman–Crippen LogP) is 0.147. The summed E-state index contributed by atoms with van der Waals surface area (Å²) in [6.45, 7) is 0. The Morgan fingerprint density at radius 1 is 1.30 bits per heavy atom. The van der Waals surface area contributed by atoms with E-state index in [0.29, 0.717) is 5.52 Å². The number of nitrogens with two attached hydrogens (primary N) is 1. The largest absolute Gasteiger partial charge is 0.419 e. The Bertz CT molecular complexity index is 964. The van der Waals surface area contributed by atoms with Gasteiger partial charge in [0.05, 0.1) is 10.4 Å². The number of anilines is 1. The fourth-order valence-electron chi connectivity index (χ4n) is 1.84. The summed E-state index contributed by atoms with van der Waals surface area (Å²) in [6.07, 6.45) is 1.25. The van der Waals surface area contributed by atoms with Crippen molar-refractivity contribution in [3.8, 4) is 0 Å². The van der Waals surface area contributed by atoms with Crippen LogP contribution in [0, 0.1) is 0 Å². The van der Waals surface area contributed by atoms with Gasteiger partial charge in [-0.25, -0.2) is 4.79 Å². The van der Waals surface area contributed by atoms with Crippen LogP contribution in [-0.2, 0) is 17.1 Å². The maximum atomic E-state index is 12.3. The van der Waals surface area contributed by atoms with E-state index >= 15 is 0 Å². The Balaban J connectivity index is 2.22. The standard InChI is InChI=1S/C11H10N4O4S/c1-14-8-3-2-7(6-9(8)19-11(14)16)20(17,18)15-5-4-10(12)13-15/h2-6H,1H3,(H2,12,13). The molecule has 0 aliphatic rings. The number of nitrogens with zero attached hydrogens (tertiary/aromatic N) is 3. The summed E-state index contributed by atoms with van der Waals surface area (Å²) in [5.74, 6) is -0.459. The fourth-order valence-corrected chi connectivity index (χ4v) is 2.97. The number of benzene rings is 1. The van der Waals surface area contributed by atoms with Crippen molar-refractivity contribution in [1.29, 1.82) is 0 Å². The Kier molecular flexibility index (Phi) is 2.48. The number of aromatic nitrogens is 3. The highest BCUT2D eigenvalue weighted by Gasteiger charge is 2.19. The summed E-state index contributed by atoms with van der Waals surface area (Å²) < 4.78 is 31.6. The van der Waals surface area contributed by atoms with Crippen molar-refractivity contribution in [3.05, 3.63) is 41.0 Å². The number of fused-ring (bicyclic) bond motifs is 1. The third-order valence-electron chi connectivity index (χ3n) is 2.89. The second kappa shape index (κ2) is 3.97. The van der Waals surface area contributed by atoms with Crippen LogP contribution in [0.2, 0.25) is 0 Å². The Morgan fingerprint density at radius 3 is 2.70 bits per heavy atom. The van der Waals surface area contributed by atoms with Crippen molar-refractivity contribution in [3.63, 3.8) is 0 Å².